The third-order valence-electron chi connectivity index (χ3n) is 5.50. The number of fused-ring (bicyclic) bond motifs is 2. The van der Waals surface area contributed by atoms with E-state index in [1.165, 1.54) is 11.3 Å². The van der Waals surface area contributed by atoms with Crippen LogP contribution in [0.4, 0.5) is 11.4 Å². The van der Waals surface area contributed by atoms with Crippen molar-refractivity contribution in [2.75, 3.05) is 16.8 Å². The molecular weight excluding hydrogens is 358 g/mol. The standard InChI is InChI=1S/C25H21N3O/c29-25(24-21-10-4-1-7-18(21)13-15-26-24)27-22-11-5-2-9-20(22)17-28-16-14-19-8-3-6-12-23(19)28/h1-13,15H,14,16-17H2,(H,27,29). The Morgan fingerprint density at radius 2 is 1.72 bits per heavy atom. The van der Waals surface area contributed by atoms with E-state index in [1.807, 2.05) is 48.5 Å². The molecule has 4 heteroatoms. The van der Waals surface area contributed by atoms with E-state index in [0.29, 0.717) is 5.69 Å². The summed E-state index contributed by atoms with van der Waals surface area (Å²) in [5.74, 6) is -0.184. The Hall–Kier alpha value is -3.66. The van der Waals surface area contributed by atoms with Crippen LogP contribution in [0.1, 0.15) is 21.6 Å². The molecule has 0 radical (unpaired) electrons. The molecule has 0 saturated carbocycles. The summed E-state index contributed by atoms with van der Waals surface area (Å²) in [5.41, 5.74) is 5.04. The summed E-state index contributed by atoms with van der Waals surface area (Å²) in [6.07, 6.45) is 2.74. The van der Waals surface area contributed by atoms with Crippen molar-refractivity contribution >= 4 is 28.1 Å². The topological polar surface area (TPSA) is 45.2 Å². The number of rotatable bonds is 4. The Morgan fingerprint density at radius 3 is 2.69 bits per heavy atom. The van der Waals surface area contributed by atoms with E-state index < -0.39 is 0 Å². The Labute approximate surface area is 169 Å². The lowest BCUT2D eigenvalue weighted by Gasteiger charge is -2.21. The highest BCUT2D eigenvalue weighted by Crippen LogP contribution is 2.30. The summed E-state index contributed by atoms with van der Waals surface area (Å²) in [4.78, 5) is 19.7. The number of pyridine rings is 1. The molecule has 0 aliphatic carbocycles. The van der Waals surface area contributed by atoms with E-state index >= 15 is 0 Å². The molecule has 2 heterocycles. The van der Waals surface area contributed by atoms with Gasteiger partial charge in [-0.25, -0.2) is 0 Å². The van der Waals surface area contributed by atoms with Crippen LogP contribution in [0.5, 0.6) is 0 Å². The number of amides is 1. The Balaban J connectivity index is 1.42. The highest BCUT2D eigenvalue weighted by atomic mass is 16.1. The Morgan fingerprint density at radius 1 is 0.931 bits per heavy atom. The molecule has 0 spiro atoms. The molecule has 4 aromatic rings. The van der Waals surface area contributed by atoms with Gasteiger partial charge in [0.2, 0.25) is 0 Å². The van der Waals surface area contributed by atoms with Crippen molar-refractivity contribution in [2.45, 2.75) is 13.0 Å². The number of benzene rings is 3. The fraction of sp³-hybridized carbons (Fsp3) is 0.120. The van der Waals surface area contributed by atoms with Gasteiger partial charge in [-0.3, -0.25) is 9.78 Å². The SMILES string of the molecule is O=C(Nc1ccccc1CN1CCc2ccccc21)c1nccc2ccccc12. The van der Waals surface area contributed by atoms with Crippen molar-refractivity contribution in [1.29, 1.82) is 0 Å². The number of aromatic nitrogens is 1. The van der Waals surface area contributed by atoms with Crippen LogP contribution >= 0.6 is 0 Å². The van der Waals surface area contributed by atoms with Crippen LogP contribution in [0, 0.1) is 0 Å². The van der Waals surface area contributed by atoms with Crippen LogP contribution in [0.15, 0.2) is 85.1 Å². The first-order valence-electron chi connectivity index (χ1n) is 9.85. The van der Waals surface area contributed by atoms with Gasteiger partial charge in [0.25, 0.3) is 5.91 Å². The van der Waals surface area contributed by atoms with E-state index in [0.717, 1.165) is 41.5 Å². The highest BCUT2D eigenvalue weighted by molar-refractivity contribution is 6.11. The minimum absolute atomic E-state index is 0.184. The molecule has 1 aliphatic rings. The maximum Gasteiger partial charge on any atom is 0.274 e. The summed E-state index contributed by atoms with van der Waals surface area (Å²) in [6, 6.07) is 26.3. The van der Waals surface area contributed by atoms with E-state index in [2.05, 4.69) is 45.5 Å². The van der Waals surface area contributed by atoms with Crippen LogP contribution in [-0.4, -0.2) is 17.4 Å². The molecule has 4 nitrogen and oxygen atoms in total. The lowest BCUT2D eigenvalue weighted by atomic mass is 10.1. The summed E-state index contributed by atoms with van der Waals surface area (Å²) >= 11 is 0. The molecule has 0 atom stereocenters. The average molecular weight is 379 g/mol. The molecule has 1 aliphatic heterocycles. The minimum Gasteiger partial charge on any atom is -0.367 e. The average Bonchev–Trinajstić information content (AvgIpc) is 3.17. The van der Waals surface area contributed by atoms with E-state index in [-0.39, 0.29) is 5.91 Å². The molecule has 142 valence electrons. The van der Waals surface area contributed by atoms with Crippen molar-refractivity contribution in [3.05, 3.63) is 102 Å². The van der Waals surface area contributed by atoms with Gasteiger partial charge in [0.1, 0.15) is 5.69 Å². The fourth-order valence-corrected chi connectivity index (χ4v) is 4.04. The second-order valence-electron chi connectivity index (χ2n) is 7.29. The zero-order valence-electron chi connectivity index (χ0n) is 16.0. The third-order valence-corrected chi connectivity index (χ3v) is 5.50. The summed E-state index contributed by atoms with van der Waals surface area (Å²) in [6.45, 7) is 1.75. The molecule has 29 heavy (non-hydrogen) atoms. The number of hydrogen-bond donors (Lipinski definition) is 1. The first-order valence-corrected chi connectivity index (χ1v) is 9.85. The van der Waals surface area contributed by atoms with Crippen LogP contribution in [0.2, 0.25) is 0 Å². The van der Waals surface area contributed by atoms with Gasteiger partial charge >= 0.3 is 0 Å². The molecule has 0 saturated heterocycles. The molecule has 5 rings (SSSR count). The predicted molar refractivity (Wildman–Crippen MR) is 117 cm³/mol. The van der Waals surface area contributed by atoms with Crippen LogP contribution in [0.25, 0.3) is 10.8 Å². The van der Waals surface area contributed by atoms with E-state index in [9.17, 15) is 4.79 Å². The normalized spacial score (nSPS) is 12.8. The minimum atomic E-state index is -0.184. The molecule has 0 unspecified atom stereocenters. The van der Waals surface area contributed by atoms with Gasteiger partial charge in [0.05, 0.1) is 0 Å². The summed E-state index contributed by atoms with van der Waals surface area (Å²) < 4.78 is 0. The van der Waals surface area contributed by atoms with Crippen LogP contribution < -0.4 is 10.2 Å². The lowest BCUT2D eigenvalue weighted by Crippen LogP contribution is -2.22. The van der Waals surface area contributed by atoms with Gasteiger partial charge in [-0.2, -0.15) is 0 Å². The molecule has 0 bridgehead atoms. The number of carbonyl (C=O) groups excluding carboxylic acids is 1. The van der Waals surface area contributed by atoms with Gasteiger partial charge in [-0.15, -0.1) is 0 Å². The Bertz CT molecular complexity index is 1200. The van der Waals surface area contributed by atoms with Gasteiger partial charge in [-0.05, 0) is 41.1 Å². The number of nitrogens with one attached hydrogen (secondary N) is 1. The monoisotopic (exact) mass is 379 g/mol. The van der Waals surface area contributed by atoms with Crippen molar-refractivity contribution in [3.63, 3.8) is 0 Å². The maximum absolute atomic E-state index is 13.0. The van der Waals surface area contributed by atoms with Crippen molar-refractivity contribution in [2.24, 2.45) is 0 Å². The molecular formula is C25H21N3O. The van der Waals surface area contributed by atoms with Gasteiger partial charge in [0, 0.05) is 36.0 Å². The third kappa shape index (κ3) is 3.34. The predicted octanol–water partition coefficient (Wildman–Crippen LogP) is 5.05. The zero-order chi connectivity index (χ0) is 19.6. The molecule has 1 N–H and O–H groups in total. The van der Waals surface area contributed by atoms with Crippen LogP contribution in [-0.2, 0) is 13.0 Å². The highest BCUT2D eigenvalue weighted by Gasteiger charge is 2.20. The second kappa shape index (κ2) is 7.40. The van der Waals surface area contributed by atoms with Crippen molar-refractivity contribution in [1.82, 2.24) is 4.98 Å². The maximum atomic E-state index is 13.0. The van der Waals surface area contributed by atoms with E-state index in [4.69, 9.17) is 0 Å². The molecule has 0 fully saturated rings. The van der Waals surface area contributed by atoms with Crippen LogP contribution in [0.3, 0.4) is 0 Å². The van der Waals surface area contributed by atoms with Gasteiger partial charge in [0.15, 0.2) is 0 Å². The summed E-state index contributed by atoms with van der Waals surface area (Å²) in [5, 5.41) is 4.96. The first kappa shape index (κ1) is 17.4. The first-order chi connectivity index (χ1) is 14.3. The lowest BCUT2D eigenvalue weighted by molar-refractivity contribution is 0.102. The van der Waals surface area contributed by atoms with E-state index in [1.54, 1.807) is 6.20 Å². The number of carbonyl (C=O) groups is 1. The van der Waals surface area contributed by atoms with Gasteiger partial charge in [-0.1, -0.05) is 60.7 Å². The molecule has 1 aromatic heterocycles. The Kier molecular flexibility index (Phi) is 4.45. The largest absolute Gasteiger partial charge is 0.367 e. The van der Waals surface area contributed by atoms with Crippen molar-refractivity contribution < 1.29 is 4.79 Å². The quantitative estimate of drug-likeness (QED) is 0.540. The van der Waals surface area contributed by atoms with Gasteiger partial charge < -0.3 is 10.2 Å². The second-order valence-corrected chi connectivity index (χ2v) is 7.29. The number of nitrogens with zero attached hydrogens (tertiary/aromatic N) is 2. The van der Waals surface area contributed by atoms with Crippen molar-refractivity contribution in [3.8, 4) is 0 Å². The number of para-hydroxylation sites is 2. The number of anilines is 2. The summed E-state index contributed by atoms with van der Waals surface area (Å²) in [7, 11) is 0. The smallest absolute Gasteiger partial charge is 0.274 e. The zero-order valence-corrected chi connectivity index (χ0v) is 16.0. The fourth-order valence-electron chi connectivity index (χ4n) is 4.04. The number of hydrogen-bond acceptors (Lipinski definition) is 3. The molecule has 1 amide bonds. The molecule has 3 aromatic carbocycles.